The highest BCUT2D eigenvalue weighted by molar-refractivity contribution is 5.31. The van der Waals surface area contributed by atoms with Crippen molar-refractivity contribution in [3.8, 4) is 11.5 Å². The van der Waals surface area contributed by atoms with Crippen molar-refractivity contribution in [3.05, 3.63) is 24.3 Å². The van der Waals surface area contributed by atoms with Crippen molar-refractivity contribution in [2.45, 2.75) is 19.2 Å². The van der Waals surface area contributed by atoms with E-state index in [9.17, 15) is 13.2 Å². The molecule has 0 bridgehead atoms. The lowest BCUT2D eigenvalue weighted by molar-refractivity contribution is -0.274. The van der Waals surface area contributed by atoms with Gasteiger partial charge in [0.1, 0.15) is 18.1 Å². The number of rotatable bonds is 6. The van der Waals surface area contributed by atoms with Crippen molar-refractivity contribution in [2.75, 3.05) is 32.8 Å². The van der Waals surface area contributed by atoms with E-state index >= 15 is 0 Å². The van der Waals surface area contributed by atoms with Gasteiger partial charge in [-0.3, -0.25) is 4.90 Å². The summed E-state index contributed by atoms with van der Waals surface area (Å²) >= 11 is 0. The quantitative estimate of drug-likeness (QED) is 0.875. The van der Waals surface area contributed by atoms with Gasteiger partial charge in [0.25, 0.3) is 0 Å². The lowest BCUT2D eigenvalue weighted by Gasteiger charge is -2.31. The number of alkyl halides is 3. The van der Waals surface area contributed by atoms with Gasteiger partial charge in [-0.25, -0.2) is 0 Å². The number of likely N-dealkylation sites (tertiary alicyclic amines) is 1. The molecule has 1 atom stereocenters. The van der Waals surface area contributed by atoms with Crippen molar-refractivity contribution in [2.24, 2.45) is 5.92 Å². The van der Waals surface area contributed by atoms with Gasteiger partial charge in [0.05, 0.1) is 0 Å². The van der Waals surface area contributed by atoms with E-state index in [1.807, 2.05) is 0 Å². The molecule has 0 radical (unpaired) electrons. The Labute approximate surface area is 127 Å². The first-order chi connectivity index (χ1) is 10.5. The first-order valence-corrected chi connectivity index (χ1v) is 7.28. The number of piperidine rings is 1. The van der Waals surface area contributed by atoms with Gasteiger partial charge in [-0.15, -0.1) is 13.2 Å². The number of nitrogens with zero attached hydrogens (tertiary/aromatic N) is 1. The topological polar surface area (TPSA) is 41.9 Å². The molecule has 1 unspecified atom stereocenters. The molecule has 22 heavy (non-hydrogen) atoms. The zero-order valence-electron chi connectivity index (χ0n) is 12.2. The largest absolute Gasteiger partial charge is 0.573 e. The molecule has 1 saturated heterocycles. The fourth-order valence-electron chi connectivity index (χ4n) is 2.53. The third kappa shape index (κ3) is 5.73. The molecule has 1 heterocycles. The van der Waals surface area contributed by atoms with Crippen LogP contribution in [0.4, 0.5) is 13.2 Å². The van der Waals surface area contributed by atoms with Crippen LogP contribution in [0.15, 0.2) is 24.3 Å². The van der Waals surface area contributed by atoms with E-state index < -0.39 is 6.36 Å². The number of halogens is 3. The minimum absolute atomic E-state index is 0.206. The Bertz CT molecular complexity index is 450. The Kier molecular flexibility index (Phi) is 5.90. The predicted octanol–water partition coefficient (Wildman–Crippen LogP) is 2.67. The maximum Gasteiger partial charge on any atom is 0.573 e. The maximum absolute atomic E-state index is 12.0. The summed E-state index contributed by atoms with van der Waals surface area (Å²) in [6.07, 6.45) is -2.57. The monoisotopic (exact) mass is 319 g/mol. The molecule has 1 N–H and O–H groups in total. The van der Waals surface area contributed by atoms with Crippen molar-refractivity contribution in [1.29, 1.82) is 0 Å². The highest BCUT2D eigenvalue weighted by Gasteiger charge is 2.31. The van der Waals surface area contributed by atoms with E-state index in [-0.39, 0.29) is 12.4 Å². The lowest BCUT2D eigenvalue weighted by Crippen LogP contribution is -2.39. The molecule has 1 fully saturated rings. The van der Waals surface area contributed by atoms with Crippen LogP contribution in [-0.4, -0.2) is 49.2 Å². The van der Waals surface area contributed by atoms with E-state index in [2.05, 4.69) is 9.64 Å². The summed E-state index contributed by atoms with van der Waals surface area (Å²) in [4.78, 5) is 2.23. The number of aliphatic hydroxyl groups excluding tert-OH is 1. The van der Waals surface area contributed by atoms with Gasteiger partial charge in [0.2, 0.25) is 0 Å². The standard InChI is InChI=1S/C15H20F3NO3/c16-15(17,18)22-14-5-3-13(4-6-14)21-9-8-19-7-1-2-12(10-19)11-20/h3-6,12,20H,1-2,7-11H2. The van der Waals surface area contributed by atoms with Crippen LogP contribution in [0.1, 0.15) is 12.8 Å². The summed E-state index contributed by atoms with van der Waals surface area (Å²) in [5, 5.41) is 9.17. The van der Waals surface area contributed by atoms with Crippen LogP contribution in [0.25, 0.3) is 0 Å². The van der Waals surface area contributed by atoms with Crippen LogP contribution < -0.4 is 9.47 Å². The van der Waals surface area contributed by atoms with Gasteiger partial charge < -0.3 is 14.6 Å². The molecule has 0 aliphatic carbocycles. The molecule has 0 saturated carbocycles. The van der Waals surface area contributed by atoms with Crippen LogP contribution in [0.2, 0.25) is 0 Å². The van der Waals surface area contributed by atoms with Crippen molar-refractivity contribution < 1.29 is 27.8 Å². The molecule has 0 aromatic heterocycles. The fourth-order valence-corrected chi connectivity index (χ4v) is 2.53. The normalized spacial score (nSPS) is 19.9. The van der Waals surface area contributed by atoms with Gasteiger partial charge in [-0.05, 0) is 49.6 Å². The molecule has 1 aromatic carbocycles. The minimum Gasteiger partial charge on any atom is -0.492 e. The summed E-state index contributed by atoms with van der Waals surface area (Å²) in [7, 11) is 0. The average Bonchev–Trinajstić information content (AvgIpc) is 2.48. The molecular formula is C15H20F3NO3. The minimum atomic E-state index is -4.68. The van der Waals surface area contributed by atoms with Gasteiger partial charge in [-0.1, -0.05) is 0 Å². The summed E-state index contributed by atoms with van der Waals surface area (Å²) in [5.41, 5.74) is 0. The van der Waals surface area contributed by atoms with Crippen LogP contribution >= 0.6 is 0 Å². The van der Waals surface area contributed by atoms with Crippen molar-refractivity contribution in [3.63, 3.8) is 0 Å². The molecule has 0 amide bonds. The molecule has 1 aliphatic rings. The van der Waals surface area contributed by atoms with E-state index in [1.165, 1.54) is 24.3 Å². The third-order valence-electron chi connectivity index (χ3n) is 3.59. The van der Waals surface area contributed by atoms with Crippen LogP contribution in [0.3, 0.4) is 0 Å². The van der Waals surface area contributed by atoms with Gasteiger partial charge in [0, 0.05) is 19.7 Å². The first-order valence-electron chi connectivity index (χ1n) is 7.28. The average molecular weight is 319 g/mol. The fraction of sp³-hybridized carbons (Fsp3) is 0.600. The molecular weight excluding hydrogens is 299 g/mol. The summed E-state index contributed by atoms with van der Waals surface area (Å²) in [6.45, 7) is 3.24. The summed E-state index contributed by atoms with van der Waals surface area (Å²) < 4.78 is 45.4. The van der Waals surface area contributed by atoms with Gasteiger partial charge in [-0.2, -0.15) is 0 Å². The maximum atomic E-state index is 12.0. The number of hydrogen-bond acceptors (Lipinski definition) is 4. The second-order valence-electron chi connectivity index (χ2n) is 5.36. The van der Waals surface area contributed by atoms with Crippen molar-refractivity contribution in [1.82, 2.24) is 4.90 Å². The van der Waals surface area contributed by atoms with E-state index in [0.717, 1.165) is 32.5 Å². The van der Waals surface area contributed by atoms with E-state index in [0.29, 0.717) is 18.3 Å². The predicted molar refractivity (Wildman–Crippen MR) is 74.9 cm³/mol. The Hall–Kier alpha value is -1.47. The number of hydrogen-bond donors (Lipinski definition) is 1. The zero-order chi connectivity index (χ0) is 16.0. The second-order valence-corrected chi connectivity index (χ2v) is 5.36. The Balaban J connectivity index is 1.73. The Morgan fingerprint density at radius 1 is 1.18 bits per heavy atom. The Morgan fingerprint density at radius 2 is 1.86 bits per heavy atom. The van der Waals surface area contributed by atoms with Crippen LogP contribution in [0, 0.1) is 5.92 Å². The highest BCUT2D eigenvalue weighted by Crippen LogP contribution is 2.24. The number of aliphatic hydroxyl groups is 1. The van der Waals surface area contributed by atoms with E-state index in [1.54, 1.807) is 0 Å². The van der Waals surface area contributed by atoms with Gasteiger partial charge in [0.15, 0.2) is 0 Å². The van der Waals surface area contributed by atoms with Crippen LogP contribution in [0.5, 0.6) is 11.5 Å². The smallest absolute Gasteiger partial charge is 0.492 e. The highest BCUT2D eigenvalue weighted by atomic mass is 19.4. The summed E-state index contributed by atoms with van der Waals surface area (Å²) in [6, 6.07) is 5.36. The summed E-state index contributed by atoms with van der Waals surface area (Å²) in [5.74, 6) is 0.569. The third-order valence-corrected chi connectivity index (χ3v) is 3.59. The van der Waals surface area contributed by atoms with Crippen LogP contribution in [-0.2, 0) is 0 Å². The number of benzene rings is 1. The molecule has 2 rings (SSSR count). The van der Waals surface area contributed by atoms with Crippen molar-refractivity contribution >= 4 is 0 Å². The first kappa shape index (κ1) is 16.9. The molecule has 4 nitrogen and oxygen atoms in total. The molecule has 7 heteroatoms. The zero-order valence-corrected chi connectivity index (χ0v) is 12.2. The number of ether oxygens (including phenoxy) is 2. The lowest BCUT2D eigenvalue weighted by atomic mass is 9.99. The van der Waals surface area contributed by atoms with Gasteiger partial charge >= 0.3 is 6.36 Å². The molecule has 0 spiro atoms. The Morgan fingerprint density at radius 3 is 2.50 bits per heavy atom. The second kappa shape index (κ2) is 7.69. The molecule has 1 aromatic rings. The molecule has 124 valence electrons. The molecule has 1 aliphatic heterocycles. The van der Waals surface area contributed by atoms with E-state index in [4.69, 9.17) is 9.84 Å². The SMILES string of the molecule is OCC1CCCN(CCOc2ccc(OC(F)(F)F)cc2)C1.